The molecule has 3 amide bonds. The molecule has 8 nitrogen and oxygen atoms in total. The molecule has 2 heterocycles. The fraction of sp³-hybridized carbons (Fsp3) is 0.438. The summed E-state index contributed by atoms with van der Waals surface area (Å²) in [5, 5.41) is 0.150. The van der Waals surface area contributed by atoms with Crippen LogP contribution in [-0.4, -0.2) is 73.0 Å². The Morgan fingerprint density at radius 3 is 2.15 bits per heavy atom. The maximum absolute atomic E-state index is 12.7. The van der Waals surface area contributed by atoms with Gasteiger partial charge in [0, 0.05) is 39.0 Å². The van der Waals surface area contributed by atoms with Crippen molar-refractivity contribution < 1.29 is 22.8 Å². The van der Waals surface area contributed by atoms with E-state index in [9.17, 15) is 22.8 Å². The lowest BCUT2D eigenvalue weighted by atomic mass is 10.3. The average molecular weight is 400 g/mol. The molecule has 2 aliphatic rings. The van der Waals surface area contributed by atoms with E-state index in [1.54, 1.807) is 12.1 Å². The van der Waals surface area contributed by atoms with Crippen LogP contribution in [-0.2, 0) is 24.4 Å². The minimum absolute atomic E-state index is 0.0368. The molecule has 0 radical (unpaired) electrons. The van der Waals surface area contributed by atoms with E-state index in [0.29, 0.717) is 0 Å². The Kier molecular flexibility index (Phi) is 5.31. The molecule has 1 aromatic carbocycles. The number of amides is 3. The lowest BCUT2D eigenvalue weighted by Crippen LogP contribution is -2.53. The summed E-state index contributed by atoms with van der Waals surface area (Å²) >= 11 is 5.99. The van der Waals surface area contributed by atoms with Gasteiger partial charge in [-0.3, -0.25) is 19.3 Å². The molecule has 2 saturated heterocycles. The van der Waals surface area contributed by atoms with Gasteiger partial charge in [0.15, 0.2) is 0 Å². The van der Waals surface area contributed by atoms with Gasteiger partial charge >= 0.3 is 0 Å². The minimum Gasteiger partial charge on any atom is -0.338 e. The van der Waals surface area contributed by atoms with Gasteiger partial charge in [0.25, 0.3) is 0 Å². The van der Waals surface area contributed by atoms with Crippen molar-refractivity contribution in [2.45, 2.75) is 17.7 Å². The number of hydrogen-bond donors (Lipinski definition) is 0. The normalized spacial score (nSPS) is 19.3. The quantitative estimate of drug-likeness (QED) is 0.679. The van der Waals surface area contributed by atoms with Crippen molar-refractivity contribution in [3.8, 4) is 0 Å². The first-order valence-electron chi connectivity index (χ1n) is 8.16. The highest BCUT2D eigenvalue weighted by atomic mass is 35.5. The predicted molar refractivity (Wildman–Crippen MR) is 92.7 cm³/mol. The number of hydrogen-bond acceptors (Lipinski definition) is 5. The summed E-state index contributed by atoms with van der Waals surface area (Å²) in [6.45, 7) is 0.356. The van der Waals surface area contributed by atoms with Crippen LogP contribution in [0.2, 0.25) is 5.02 Å². The first-order chi connectivity index (χ1) is 12.3. The van der Waals surface area contributed by atoms with Gasteiger partial charge in [-0.15, -0.1) is 0 Å². The van der Waals surface area contributed by atoms with Crippen molar-refractivity contribution in [1.82, 2.24) is 14.1 Å². The van der Waals surface area contributed by atoms with E-state index in [-0.39, 0.29) is 73.2 Å². The van der Waals surface area contributed by atoms with Crippen LogP contribution in [0.3, 0.4) is 0 Å². The number of piperazine rings is 1. The third kappa shape index (κ3) is 3.60. The topological polar surface area (TPSA) is 95.1 Å². The van der Waals surface area contributed by atoms with Gasteiger partial charge in [0.2, 0.25) is 27.7 Å². The van der Waals surface area contributed by atoms with E-state index in [4.69, 9.17) is 11.6 Å². The summed E-state index contributed by atoms with van der Waals surface area (Å²) in [4.78, 5) is 38.0. The van der Waals surface area contributed by atoms with Crippen LogP contribution in [0.15, 0.2) is 29.2 Å². The summed E-state index contributed by atoms with van der Waals surface area (Å²) in [5.74, 6) is -1.05. The molecule has 0 aromatic heterocycles. The first-order valence-corrected chi connectivity index (χ1v) is 9.98. The number of sulfonamides is 1. The number of carbonyl (C=O) groups excluding carboxylic acids is 3. The smallest absolute Gasteiger partial charge is 0.244 e. The molecule has 140 valence electrons. The maximum atomic E-state index is 12.7. The first kappa shape index (κ1) is 18.8. The van der Waals surface area contributed by atoms with E-state index in [0.717, 1.165) is 4.90 Å². The average Bonchev–Trinajstić information content (AvgIpc) is 2.94. The highest BCUT2D eigenvalue weighted by molar-refractivity contribution is 7.89. The fourth-order valence-electron chi connectivity index (χ4n) is 3.01. The number of carbonyl (C=O) groups is 3. The third-order valence-electron chi connectivity index (χ3n) is 4.49. The fourth-order valence-corrected chi connectivity index (χ4v) is 4.92. The van der Waals surface area contributed by atoms with Gasteiger partial charge < -0.3 is 4.90 Å². The van der Waals surface area contributed by atoms with E-state index < -0.39 is 10.0 Å². The molecular formula is C16H18ClN3O5S. The maximum Gasteiger partial charge on any atom is 0.244 e. The number of likely N-dealkylation sites (tertiary alicyclic amines) is 1. The van der Waals surface area contributed by atoms with Crippen molar-refractivity contribution >= 4 is 39.3 Å². The Hall–Kier alpha value is -1.97. The van der Waals surface area contributed by atoms with Crippen molar-refractivity contribution in [1.29, 1.82) is 0 Å². The van der Waals surface area contributed by atoms with Gasteiger partial charge in [0.1, 0.15) is 11.4 Å². The van der Waals surface area contributed by atoms with E-state index >= 15 is 0 Å². The van der Waals surface area contributed by atoms with Crippen molar-refractivity contribution in [2.75, 3.05) is 32.7 Å². The molecule has 10 heteroatoms. The summed E-state index contributed by atoms with van der Waals surface area (Å²) in [6, 6.07) is 6.21. The standard InChI is InChI=1S/C16H18ClN3O5S/c17-12-3-1-2-4-13(12)26(24,25)19-9-7-18(8-10-19)16(23)11-20-14(21)5-6-15(20)22/h1-4H,5-11H2. The van der Waals surface area contributed by atoms with Crippen LogP contribution in [0, 0.1) is 0 Å². The van der Waals surface area contributed by atoms with Gasteiger partial charge in [-0.25, -0.2) is 8.42 Å². The summed E-state index contributed by atoms with van der Waals surface area (Å²) in [6.07, 6.45) is 0.270. The molecule has 0 atom stereocenters. The molecule has 0 bridgehead atoms. The van der Waals surface area contributed by atoms with Crippen LogP contribution >= 0.6 is 11.6 Å². The molecular weight excluding hydrogens is 382 g/mol. The minimum atomic E-state index is -3.74. The zero-order valence-electron chi connectivity index (χ0n) is 13.9. The summed E-state index contributed by atoms with van der Waals surface area (Å²) in [7, 11) is -3.74. The third-order valence-corrected chi connectivity index (χ3v) is 6.89. The highest BCUT2D eigenvalue weighted by Crippen LogP contribution is 2.25. The van der Waals surface area contributed by atoms with Gasteiger partial charge in [0.05, 0.1) is 5.02 Å². The molecule has 1 aromatic rings. The molecule has 2 fully saturated rings. The Balaban J connectivity index is 1.62. The van der Waals surface area contributed by atoms with Crippen LogP contribution in [0.1, 0.15) is 12.8 Å². The summed E-state index contributed by atoms with van der Waals surface area (Å²) < 4.78 is 26.7. The van der Waals surface area contributed by atoms with Crippen LogP contribution in [0.5, 0.6) is 0 Å². The Bertz CT molecular complexity index is 833. The Morgan fingerprint density at radius 2 is 1.58 bits per heavy atom. The van der Waals surface area contributed by atoms with Crippen molar-refractivity contribution in [2.24, 2.45) is 0 Å². The largest absolute Gasteiger partial charge is 0.338 e. The number of rotatable bonds is 4. The van der Waals surface area contributed by atoms with Crippen LogP contribution in [0.25, 0.3) is 0 Å². The lowest BCUT2D eigenvalue weighted by Gasteiger charge is -2.34. The van der Waals surface area contributed by atoms with Gasteiger partial charge in [-0.2, -0.15) is 4.31 Å². The van der Waals surface area contributed by atoms with Crippen molar-refractivity contribution in [3.05, 3.63) is 29.3 Å². The zero-order chi connectivity index (χ0) is 18.9. The second-order valence-corrected chi connectivity index (χ2v) is 8.40. The molecule has 3 rings (SSSR count). The predicted octanol–water partition coefficient (Wildman–Crippen LogP) is 0.322. The number of imide groups is 1. The molecule has 0 spiro atoms. The molecule has 0 saturated carbocycles. The van der Waals surface area contributed by atoms with E-state index in [1.807, 2.05) is 0 Å². The molecule has 0 N–H and O–H groups in total. The molecule has 2 aliphatic heterocycles. The zero-order valence-corrected chi connectivity index (χ0v) is 15.5. The van der Waals surface area contributed by atoms with Crippen LogP contribution < -0.4 is 0 Å². The second kappa shape index (κ2) is 7.34. The Labute approximate surface area is 156 Å². The van der Waals surface area contributed by atoms with Crippen molar-refractivity contribution in [3.63, 3.8) is 0 Å². The van der Waals surface area contributed by atoms with E-state index in [2.05, 4.69) is 0 Å². The van der Waals surface area contributed by atoms with E-state index in [1.165, 1.54) is 21.3 Å². The highest BCUT2D eigenvalue weighted by Gasteiger charge is 2.34. The van der Waals surface area contributed by atoms with Crippen LogP contribution in [0.4, 0.5) is 0 Å². The second-order valence-electron chi connectivity index (χ2n) is 6.09. The molecule has 0 aliphatic carbocycles. The monoisotopic (exact) mass is 399 g/mol. The lowest BCUT2D eigenvalue weighted by molar-refractivity contribution is -0.145. The van der Waals surface area contributed by atoms with Gasteiger partial charge in [-0.1, -0.05) is 23.7 Å². The molecule has 0 unspecified atom stereocenters. The number of halogens is 1. The summed E-state index contributed by atoms with van der Waals surface area (Å²) in [5.41, 5.74) is 0. The number of benzene rings is 1. The van der Waals surface area contributed by atoms with Gasteiger partial charge in [-0.05, 0) is 12.1 Å². The number of nitrogens with zero attached hydrogens (tertiary/aromatic N) is 3. The SMILES string of the molecule is O=C(CN1C(=O)CCC1=O)N1CCN(S(=O)(=O)c2ccccc2Cl)CC1. The molecule has 26 heavy (non-hydrogen) atoms. The Morgan fingerprint density at radius 1 is 1.00 bits per heavy atom.